The molecule has 0 bridgehead atoms. The maximum Gasteiger partial charge on any atom is 0.235 e. The number of carboxylic acid groups (broad SMARTS) is 1. The second-order valence-electron chi connectivity index (χ2n) is 8.00. The Morgan fingerprint density at radius 2 is 1.75 bits per heavy atom. The molecule has 0 spiro atoms. The first-order valence-corrected chi connectivity index (χ1v) is 9.14. The van der Waals surface area contributed by atoms with E-state index in [1.807, 2.05) is 37.3 Å². The summed E-state index contributed by atoms with van der Waals surface area (Å²) >= 11 is 0. The number of carbonyl (C=O) groups excluding carboxylic acids is 1. The third-order valence-electron chi connectivity index (χ3n) is 4.64. The number of aliphatic carboxylic acids is 1. The van der Waals surface area contributed by atoms with Gasteiger partial charge in [0.05, 0.1) is 11.4 Å². The molecule has 0 fully saturated rings. The summed E-state index contributed by atoms with van der Waals surface area (Å²) in [6.07, 6.45) is -1.29. The molecule has 0 saturated heterocycles. The highest BCUT2D eigenvalue weighted by Crippen LogP contribution is 2.33. The first-order valence-electron chi connectivity index (χ1n) is 9.14. The Morgan fingerprint density at radius 1 is 1.11 bits per heavy atom. The molecular formula is C23H23O5-. The molecule has 0 unspecified atom stereocenters. The Kier molecular flexibility index (Phi) is 5.02. The molecule has 1 heterocycles. The molecule has 3 aromatic rings. The van der Waals surface area contributed by atoms with E-state index in [-0.39, 0.29) is 16.9 Å². The maximum absolute atomic E-state index is 13.1. The topological polar surface area (TPSA) is 79.6 Å². The first kappa shape index (κ1) is 19.7. The van der Waals surface area contributed by atoms with Crippen LogP contribution >= 0.6 is 0 Å². The summed E-state index contributed by atoms with van der Waals surface area (Å²) in [5, 5.41) is 11.5. The molecule has 0 aliphatic carbocycles. The molecule has 1 atom stereocenters. The molecule has 3 rings (SSSR count). The lowest BCUT2D eigenvalue weighted by Crippen LogP contribution is -2.38. The van der Waals surface area contributed by atoms with Crippen LogP contribution in [0.3, 0.4) is 0 Å². The van der Waals surface area contributed by atoms with Crippen molar-refractivity contribution < 1.29 is 19.1 Å². The summed E-state index contributed by atoms with van der Waals surface area (Å²) < 4.78 is 11.5. The molecule has 1 aromatic heterocycles. The fourth-order valence-electron chi connectivity index (χ4n) is 2.94. The van der Waals surface area contributed by atoms with Gasteiger partial charge in [0, 0.05) is 5.56 Å². The lowest BCUT2D eigenvalue weighted by atomic mass is 9.86. The van der Waals surface area contributed by atoms with Gasteiger partial charge in [0.15, 0.2) is 5.76 Å². The van der Waals surface area contributed by atoms with Crippen molar-refractivity contribution in [1.82, 2.24) is 0 Å². The van der Waals surface area contributed by atoms with Crippen LogP contribution in [0, 0.1) is 6.92 Å². The molecule has 0 saturated carbocycles. The molecule has 0 radical (unpaired) electrons. The summed E-state index contributed by atoms with van der Waals surface area (Å²) in [5.74, 6) is -1.33. The van der Waals surface area contributed by atoms with Crippen LogP contribution in [0.4, 0.5) is 0 Å². The summed E-state index contributed by atoms with van der Waals surface area (Å²) in [6.45, 7) is 9.51. The van der Waals surface area contributed by atoms with E-state index in [1.54, 1.807) is 12.1 Å². The van der Waals surface area contributed by atoms with Crippen molar-refractivity contribution in [2.75, 3.05) is 0 Å². The van der Waals surface area contributed by atoms with Crippen molar-refractivity contribution in [3.05, 3.63) is 63.8 Å². The minimum absolute atomic E-state index is 0.0247. The molecule has 0 amide bonds. The summed E-state index contributed by atoms with van der Waals surface area (Å²) in [6, 6.07) is 12.9. The van der Waals surface area contributed by atoms with Crippen molar-refractivity contribution >= 4 is 16.9 Å². The highest BCUT2D eigenvalue weighted by Gasteiger charge is 2.21. The number of rotatable bonds is 4. The largest absolute Gasteiger partial charge is 0.546 e. The Hall–Kier alpha value is -3.08. The van der Waals surface area contributed by atoms with E-state index in [0.29, 0.717) is 16.5 Å². The molecule has 0 aliphatic heterocycles. The van der Waals surface area contributed by atoms with Gasteiger partial charge in [-0.2, -0.15) is 0 Å². The standard InChI is InChI=1S/C23H24O5/c1-13-6-11-18-17(12-13)19(24)21(27-14(2)22(25)26)20(28-18)15-7-9-16(10-8-15)23(3,4)5/h6-12,14H,1-5H3,(H,25,26)/p-1/t14-/m1/s1. The Balaban J connectivity index is 2.23. The van der Waals surface area contributed by atoms with E-state index < -0.39 is 17.5 Å². The van der Waals surface area contributed by atoms with Crippen molar-refractivity contribution in [2.24, 2.45) is 0 Å². The van der Waals surface area contributed by atoms with Crippen molar-refractivity contribution in [2.45, 2.75) is 46.1 Å². The van der Waals surface area contributed by atoms with Gasteiger partial charge in [-0.05, 0) is 37.0 Å². The second-order valence-corrected chi connectivity index (χ2v) is 8.00. The minimum Gasteiger partial charge on any atom is -0.546 e. The monoisotopic (exact) mass is 379 g/mol. The van der Waals surface area contributed by atoms with Crippen LogP contribution < -0.4 is 15.3 Å². The third-order valence-corrected chi connectivity index (χ3v) is 4.64. The number of fused-ring (bicyclic) bond motifs is 1. The van der Waals surface area contributed by atoms with Crippen LogP contribution in [0.5, 0.6) is 5.75 Å². The molecular weight excluding hydrogens is 356 g/mol. The van der Waals surface area contributed by atoms with Gasteiger partial charge in [0.1, 0.15) is 11.7 Å². The van der Waals surface area contributed by atoms with Crippen LogP contribution in [-0.4, -0.2) is 12.1 Å². The third kappa shape index (κ3) is 3.79. The number of hydrogen-bond acceptors (Lipinski definition) is 5. The zero-order valence-electron chi connectivity index (χ0n) is 16.7. The highest BCUT2D eigenvalue weighted by molar-refractivity contribution is 5.83. The minimum atomic E-state index is -1.40. The number of hydrogen-bond donors (Lipinski definition) is 0. The second kappa shape index (κ2) is 7.15. The molecule has 2 aromatic carbocycles. The van der Waals surface area contributed by atoms with Gasteiger partial charge in [0.2, 0.25) is 11.2 Å². The van der Waals surface area contributed by atoms with Crippen molar-refractivity contribution in [3.8, 4) is 17.1 Å². The molecule has 5 heteroatoms. The fraction of sp³-hybridized carbons (Fsp3) is 0.304. The zero-order valence-corrected chi connectivity index (χ0v) is 16.7. The molecule has 5 nitrogen and oxygen atoms in total. The Bertz CT molecular complexity index is 1080. The number of carboxylic acids is 1. The van der Waals surface area contributed by atoms with Crippen molar-refractivity contribution in [1.29, 1.82) is 0 Å². The van der Waals surface area contributed by atoms with Crippen molar-refractivity contribution in [3.63, 3.8) is 0 Å². The zero-order chi connectivity index (χ0) is 20.6. The molecule has 28 heavy (non-hydrogen) atoms. The molecule has 0 aliphatic rings. The Labute approximate surface area is 163 Å². The van der Waals surface area contributed by atoms with Gasteiger partial charge in [-0.3, -0.25) is 4.79 Å². The van der Waals surface area contributed by atoms with Crippen LogP contribution in [0.1, 0.15) is 38.8 Å². The van der Waals surface area contributed by atoms with E-state index in [2.05, 4.69) is 20.8 Å². The number of carbonyl (C=O) groups is 1. The van der Waals surface area contributed by atoms with Crippen LogP contribution in [0.25, 0.3) is 22.3 Å². The lowest BCUT2D eigenvalue weighted by molar-refractivity contribution is -0.312. The van der Waals surface area contributed by atoms with E-state index in [0.717, 1.165) is 11.1 Å². The van der Waals surface area contributed by atoms with Crippen LogP contribution in [-0.2, 0) is 10.2 Å². The average Bonchev–Trinajstić information content (AvgIpc) is 2.63. The average molecular weight is 379 g/mol. The predicted molar refractivity (Wildman–Crippen MR) is 106 cm³/mol. The van der Waals surface area contributed by atoms with Gasteiger partial charge in [-0.1, -0.05) is 56.7 Å². The van der Waals surface area contributed by atoms with Gasteiger partial charge in [-0.15, -0.1) is 0 Å². The van der Waals surface area contributed by atoms with E-state index in [4.69, 9.17) is 9.15 Å². The normalized spacial score (nSPS) is 12.8. The number of ether oxygens (including phenoxy) is 1. The van der Waals surface area contributed by atoms with Crippen LogP contribution in [0.15, 0.2) is 51.7 Å². The van der Waals surface area contributed by atoms with E-state index in [9.17, 15) is 14.7 Å². The molecule has 0 N–H and O–H groups in total. The predicted octanol–water partition coefficient (Wildman–Crippen LogP) is 3.58. The van der Waals surface area contributed by atoms with Gasteiger partial charge in [-0.25, -0.2) is 0 Å². The fourth-order valence-corrected chi connectivity index (χ4v) is 2.94. The number of benzene rings is 2. The van der Waals surface area contributed by atoms with Gasteiger partial charge >= 0.3 is 0 Å². The molecule has 146 valence electrons. The van der Waals surface area contributed by atoms with Gasteiger partial charge in [0.25, 0.3) is 0 Å². The summed E-state index contributed by atoms with van der Waals surface area (Å²) in [5.41, 5.74) is 2.63. The van der Waals surface area contributed by atoms with E-state index in [1.165, 1.54) is 6.92 Å². The maximum atomic E-state index is 13.1. The highest BCUT2D eigenvalue weighted by atomic mass is 16.5. The Morgan fingerprint density at radius 3 is 2.32 bits per heavy atom. The summed E-state index contributed by atoms with van der Waals surface area (Å²) in [7, 11) is 0. The SMILES string of the molecule is Cc1ccc2oc(-c3ccc(C(C)(C)C)cc3)c(O[C@H](C)C(=O)[O-])c(=O)c2c1. The smallest absolute Gasteiger partial charge is 0.235 e. The van der Waals surface area contributed by atoms with Gasteiger partial charge < -0.3 is 19.1 Å². The first-order chi connectivity index (χ1) is 13.1. The number of aryl methyl sites for hydroxylation is 1. The quantitative estimate of drug-likeness (QED) is 0.692. The van der Waals surface area contributed by atoms with E-state index >= 15 is 0 Å². The van der Waals surface area contributed by atoms with Crippen LogP contribution in [0.2, 0.25) is 0 Å². The summed E-state index contributed by atoms with van der Waals surface area (Å²) in [4.78, 5) is 24.2. The lowest BCUT2D eigenvalue weighted by Gasteiger charge is -2.20.